The molecule has 1 aliphatic rings. The molecule has 1 saturated heterocycles. The van der Waals surface area contributed by atoms with Gasteiger partial charge >= 0.3 is 0 Å². The second-order valence-electron chi connectivity index (χ2n) is 8.15. The van der Waals surface area contributed by atoms with Crippen LogP contribution in [0.3, 0.4) is 0 Å². The number of amides is 1. The number of hydrogen-bond acceptors (Lipinski definition) is 7. The Hall–Kier alpha value is -2.04. The quantitative estimate of drug-likeness (QED) is 0.422. The Bertz CT molecular complexity index is 1200. The third-order valence-corrected chi connectivity index (χ3v) is 8.56. The average molecular weight is 524 g/mol. The number of para-hydroxylation sites is 1. The van der Waals surface area contributed by atoms with Crippen molar-refractivity contribution in [2.75, 3.05) is 50.0 Å². The number of hydrogen-bond donors (Lipinski definition) is 0. The number of aromatic nitrogens is 1. The maximum Gasteiger partial charge on any atom is 0.229 e. The lowest BCUT2D eigenvalue weighted by atomic mass is 10.2. The van der Waals surface area contributed by atoms with Crippen molar-refractivity contribution in [3.05, 3.63) is 54.1 Å². The standard InChI is InChI=1S/C24H29N3O4S2.ClH/c1-19-7-5-10-21-23(19)25-24(32-21)27(13-6-12-26-14-16-31-17-15-26)22(28)11-18-33(29,30)20-8-3-2-4-9-20;/h2-5,7-10H,6,11-18H2,1H3;1H. The number of fused-ring (bicyclic) bond motifs is 1. The van der Waals surface area contributed by atoms with Crippen molar-refractivity contribution < 1.29 is 17.9 Å². The molecule has 0 aliphatic carbocycles. The molecular formula is C24H30ClN3O4S2. The van der Waals surface area contributed by atoms with Crippen molar-refractivity contribution in [3.8, 4) is 0 Å². The number of halogens is 1. The monoisotopic (exact) mass is 523 g/mol. The van der Waals surface area contributed by atoms with Gasteiger partial charge in [-0.1, -0.05) is 41.7 Å². The molecule has 1 aromatic heterocycles. The maximum atomic E-state index is 13.3. The first-order valence-electron chi connectivity index (χ1n) is 11.2. The molecule has 1 fully saturated rings. The van der Waals surface area contributed by atoms with Gasteiger partial charge in [0.1, 0.15) is 0 Å². The summed E-state index contributed by atoms with van der Waals surface area (Å²) >= 11 is 1.47. The van der Waals surface area contributed by atoms with Crippen LogP contribution >= 0.6 is 23.7 Å². The van der Waals surface area contributed by atoms with Crippen LogP contribution in [-0.4, -0.2) is 69.4 Å². The number of morpholine rings is 1. The number of anilines is 1. The predicted octanol–water partition coefficient (Wildman–Crippen LogP) is 3.95. The Kier molecular flexibility index (Phi) is 9.44. The summed E-state index contributed by atoms with van der Waals surface area (Å²) in [5.74, 6) is -0.437. The largest absolute Gasteiger partial charge is 0.379 e. The molecule has 7 nitrogen and oxygen atoms in total. The lowest BCUT2D eigenvalue weighted by Crippen LogP contribution is -2.39. The number of thiazole rings is 1. The zero-order valence-corrected chi connectivity index (χ0v) is 21.6. The molecule has 2 aromatic carbocycles. The van der Waals surface area contributed by atoms with Crippen LogP contribution in [0, 0.1) is 6.92 Å². The molecule has 0 unspecified atom stereocenters. The molecule has 4 rings (SSSR count). The van der Waals surface area contributed by atoms with Crippen molar-refractivity contribution in [2.24, 2.45) is 0 Å². The van der Waals surface area contributed by atoms with Crippen LogP contribution < -0.4 is 4.90 Å². The van der Waals surface area contributed by atoms with E-state index in [-0.39, 0.29) is 35.4 Å². The SMILES string of the molecule is Cc1cccc2sc(N(CCCN3CCOCC3)C(=O)CCS(=O)(=O)c3ccccc3)nc12.Cl. The van der Waals surface area contributed by atoms with E-state index in [0.29, 0.717) is 11.7 Å². The lowest BCUT2D eigenvalue weighted by molar-refractivity contribution is -0.118. The maximum absolute atomic E-state index is 13.3. The summed E-state index contributed by atoms with van der Waals surface area (Å²) in [5.41, 5.74) is 1.95. The lowest BCUT2D eigenvalue weighted by Gasteiger charge is -2.27. The minimum Gasteiger partial charge on any atom is -0.379 e. The molecule has 184 valence electrons. The number of rotatable bonds is 9. The van der Waals surface area contributed by atoms with Gasteiger partial charge in [-0.05, 0) is 37.1 Å². The number of sulfone groups is 1. The first-order valence-corrected chi connectivity index (χ1v) is 13.7. The fourth-order valence-corrected chi connectivity index (χ4v) is 6.23. The Balaban J connectivity index is 0.00000324. The van der Waals surface area contributed by atoms with E-state index in [9.17, 15) is 13.2 Å². The van der Waals surface area contributed by atoms with Gasteiger partial charge in [-0.25, -0.2) is 13.4 Å². The minimum absolute atomic E-state index is 0. The Morgan fingerprint density at radius 1 is 1.12 bits per heavy atom. The van der Waals surface area contributed by atoms with Crippen molar-refractivity contribution >= 4 is 54.8 Å². The fraction of sp³-hybridized carbons (Fsp3) is 0.417. The molecule has 10 heteroatoms. The number of carbonyl (C=O) groups is 1. The molecule has 0 spiro atoms. The second-order valence-corrected chi connectivity index (χ2v) is 11.3. The van der Waals surface area contributed by atoms with Gasteiger partial charge in [-0.2, -0.15) is 0 Å². The molecule has 0 saturated carbocycles. The molecule has 2 heterocycles. The van der Waals surface area contributed by atoms with E-state index in [0.717, 1.165) is 55.0 Å². The second kappa shape index (κ2) is 12.1. The van der Waals surface area contributed by atoms with Crippen LogP contribution in [0.25, 0.3) is 10.2 Å². The third kappa shape index (κ3) is 6.55. The molecule has 0 atom stereocenters. The Labute approximate surface area is 211 Å². The molecular weight excluding hydrogens is 494 g/mol. The van der Waals surface area contributed by atoms with Crippen LogP contribution in [0.5, 0.6) is 0 Å². The fourth-order valence-electron chi connectivity index (χ4n) is 3.90. The van der Waals surface area contributed by atoms with E-state index in [1.54, 1.807) is 35.2 Å². The molecule has 0 radical (unpaired) electrons. The highest BCUT2D eigenvalue weighted by Crippen LogP contribution is 2.31. The van der Waals surface area contributed by atoms with Gasteiger partial charge < -0.3 is 4.74 Å². The van der Waals surface area contributed by atoms with E-state index in [1.807, 2.05) is 25.1 Å². The van der Waals surface area contributed by atoms with Crippen LogP contribution in [0.1, 0.15) is 18.4 Å². The molecule has 0 N–H and O–H groups in total. The van der Waals surface area contributed by atoms with Gasteiger partial charge in [0.2, 0.25) is 5.91 Å². The van der Waals surface area contributed by atoms with Gasteiger partial charge in [-0.15, -0.1) is 12.4 Å². The topological polar surface area (TPSA) is 79.8 Å². The van der Waals surface area contributed by atoms with Crippen LogP contribution in [-0.2, 0) is 19.4 Å². The smallest absolute Gasteiger partial charge is 0.229 e. The molecule has 3 aromatic rings. The number of carbonyl (C=O) groups excluding carboxylic acids is 1. The van der Waals surface area contributed by atoms with Gasteiger partial charge in [-0.3, -0.25) is 14.6 Å². The Morgan fingerprint density at radius 2 is 1.85 bits per heavy atom. The van der Waals surface area contributed by atoms with Gasteiger partial charge in [0, 0.05) is 32.6 Å². The van der Waals surface area contributed by atoms with Crippen molar-refractivity contribution in [3.63, 3.8) is 0 Å². The summed E-state index contributed by atoms with van der Waals surface area (Å²) < 4.78 is 31.8. The number of aryl methyl sites for hydroxylation is 1. The van der Waals surface area contributed by atoms with Gasteiger partial charge in [0.15, 0.2) is 15.0 Å². The van der Waals surface area contributed by atoms with Crippen LogP contribution in [0.4, 0.5) is 5.13 Å². The summed E-state index contributed by atoms with van der Waals surface area (Å²) in [4.78, 5) is 22.2. The molecule has 34 heavy (non-hydrogen) atoms. The number of nitrogens with zero attached hydrogens (tertiary/aromatic N) is 3. The number of benzene rings is 2. The van der Waals surface area contributed by atoms with Gasteiger partial charge in [0.25, 0.3) is 0 Å². The molecule has 1 amide bonds. The van der Waals surface area contributed by atoms with Crippen LogP contribution in [0.15, 0.2) is 53.4 Å². The summed E-state index contributed by atoms with van der Waals surface area (Å²) in [7, 11) is -3.53. The summed E-state index contributed by atoms with van der Waals surface area (Å²) in [6.07, 6.45) is 0.704. The van der Waals surface area contributed by atoms with E-state index in [2.05, 4.69) is 4.90 Å². The first kappa shape index (κ1) is 26.6. The summed E-state index contributed by atoms with van der Waals surface area (Å²) in [6, 6.07) is 14.3. The van der Waals surface area contributed by atoms with Crippen LogP contribution in [0.2, 0.25) is 0 Å². The highest BCUT2D eigenvalue weighted by Gasteiger charge is 2.23. The zero-order valence-electron chi connectivity index (χ0n) is 19.2. The van der Waals surface area contributed by atoms with Gasteiger partial charge in [0.05, 0.1) is 34.1 Å². The average Bonchev–Trinajstić information content (AvgIpc) is 3.27. The minimum atomic E-state index is -3.53. The highest BCUT2D eigenvalue weighted by molar-refractivity contribution is 7.91. The van der Waals surface area contributed by atoms with E-state index < -0.39 is 9.84 Å². The predicted molar refractivity (Wildman–Crippen MR) is 139 cm³/mol. The Morgan fingerprint density at radius 3 is 2.56 bits per heavy atom. The zero-order chi connectivity index (χ0) is 23.3. The van der Waals surface area contributed by atoms with Crippen molar-refractivity contribution in [1.82, 2.24) is 9.88 Å². The van der Waals surface area contributed by atoms with Crippen molar-refractivity contribution in [2.45, 2.75) is 24.7 Å². The normalized spacial score (nSPS) is 14.6. The van der Waals surface area contributed by atoms with E-state index in [4.69, 9.17) is 9.72 Å². The first-order chi connectivity index (χ1) is 15.9. The van der Waals surface area contributed by atoms with Crippen molar-refractivity contribution in [1.29, 1.82) is 0 Å². The summed E-state index contributed by atoms with van der Waals surface area (Å²) in [6.45, 7) is 6.62. The van der Waals surface area contributed by atoms with E-state index >= 15 is 0 Å². The number of ether oxygens (including phenoxy) is 1. The third-order valence-electron chi connectivity index (χ3n) is 5.79. The highest BCUT2D eigenvalue weighted by atomic mass is 35.5. The molecule has 0 bridgehead atoms. The molecule has 1 aliphatic heterocycles. The van der Waals surface area contributed by atoms with E-state index in [1.165, 1.54) is 11.3 Å². The summed E-state index contributed by atoms with van der Waals surface area (Å²) in [5, 5.41) is 0.628.